The predicted molar refractivity (Wildman–Crippen MR) is 119 cm³/mol. The van der Waals surface area contributed by atoms with Crippen molar-refractivity contribution < 1.29 is 9.15 Å². The molecule has 0 amide bonds. The quantitative estimate of drug-likeness (QED) is 0.362. The Morgan fingerprint density at radius 2 is 1.77 bits per heavy atom. The molecule has 0 aliphatic carbocycles. The summed E-state index contributed by atoms with van der Waals surface area (Å²) in [6.45, 7) is 1.67. The third-order valence-corrected chi connectivity index (χ3v) is 5.96. The van der Waals surface area contributed by atoms with Gasteiger partial charge in [0.15, 0.2) is 0 Å². The van der Waals surface area contributed by atoms with Crippen LogP contribution in [0.25, 0.3) is 22.1 Å². The number of ether oxygens (including phenoxy) is 1. The van der Waals surface area contributed by atoms with Gasteiger partial charge in [-0.25, -0.2) is 4.79 Å². The summed E-state index contributed by atoms with van der Waals surface area (Å²) in [6, 6.07) is 20.9. The van der Waals surface area contributed by atoms with Gasteiger partial charge < -0.3 is 9.15 Å². The molecule has 0 N–H and O–H groups in total. The zero-order valence-corrected chi connectivity index (χ0v) is 17.4. The second-order valence-electron chi connectivity index (χ2n) is 7.28. The van der Waals surface area contributed by atoms with Crippen LogP contribution in [0, 0.1) is 0 Å². The van der Waals surface area contributed by atoms with Crippen molar-refractivity contribution in [3.05, 3.63) is 98.3 Å². The summed E-state index contributed by atoms with van der Waals surface area (Å²) >= 11 is 12.2. The predicted octanol–water partition coefficient (Wildman–Crippen LogP) is 6.12. The monoisotopic (exact) mass is 437 g/mol. The molecular formula is C24H17Cl2NO3. The fraction of sp³-hybridized carbons (Fsp3) is 0.125. The van der Waals surface area contributed by atoms with Gasteiger partial charge in [-0.05, 0) is 41.5 Å². The normalized spacial score (nSPS) is 13.8. The van der Waals surface area contributed by atoms with Crippen LogP contribution < -0.4 is 10.4 Å². The molecule has 0 spiro atoms. The van der Waals surface area contributed by atoms with Crippen molar-refractivity contribution in [2.45, 2.75) is 13.1 Å². The number of benzene rings is 3. The lowest BCUT2D eigenvalue weighted by molar-refractivity contribution is 0.0890. The van der Waals surface area contributed by atoms with Crippen molar-refractivity contribution in [3.8, 4) is 16.9 Å². The molecule has 1 aromatic heterocycles. The van der Waals surface area contributed by atoms with Gasteiger partial charge in [0.2, 0.25) is 0 Å². The molecule has 2 heterocycles. The van der Waals surface area contributed by atoms with E-state index in [1.54, 1.807) is 6.07 Å². The van der Waals surface area contributed by atoms with Crippen molar-refractivity contribution in [3.63, 3.8) is 0 Å². The highest BCUT2D eigenvalue weighted by Crippen LogP contribution is 2.34. The van der Waals surface area contributed by atoms with Crippen LogP contribution in [0.15, 0.2) is 75.9 Å². The standard InChI is InChI=1S/C24H17Cl2NO3/c25-20-8-6-15(10-21(20)26)12-27-13-19-22(29-14-27)9-7-17-11-18(24(28)30-23(17)19)16-4-2-1-3-5-16/h1-11H,12-14H2. The maximum absolute atomic E-state index is 12.7. The Labute approximate surface area is 183 Å². The lowest BCUT2D eigenvalue weighted by Crippen LogP contribution is -2.31. The van der Waals surface area contributed by atoms with Crippen molar-refractivity contribution in [1.29, 1.82) is 0 Å². The van der Waals surface area contributed by atoms with Gasteiger partial charge in [0.25, 0.3) is 0 Å². The first-order chi connectivity index (χ1) is 14.6. The molecular weight excluding hydrogens is 421 g/mol. The average Bonchev–Trinajstić information content (AvgIpc) is 2.76. The first-order valence-corrected chi connectivity index (χ1v) is 10.3. The minimum Gasteiger partial charge on any atom is -0.478 e. The van der Waals surface area contributed by atoms with Gasteiger partial charge in [0.05, 0.1) is 21.2 Å². The SMILES string of the molecule is O=c1oc2c3c(ccc2cc1-c1ccccc1)OCN(Cc1ccc(Cl)c(Cl)c1)C3. The molecule has 1 aliphatic rings. The van der Waals surface area contributed by atoms with Crippen LogP contribution in [0.1, 0.15) is 11.1 Å². The molecule has 0 fully saturated rings. The number of rotatable bonds is 3. The molecule has 0 saturated carbocycles. The summed E-state index contributed by atoms with van der Waals surface area (Å²) in [5, 5.41) is 1.92. The van der Waals surface area contributed by atoms with Crippen LogP contribution in [0.3, 0.4) is 0 Å². The minimum atomic E-state index is -0.358. The minimum absolute atomic E-state index is 0.358. The van der Waals surface area contributed by atoms with Gasteiger partial charge in [-0.1, -0.05) is 59.6 Å². The maximum Gasteiger partial charge on any atom is 0.344 e. The van der Waals surface area contributed by atoms with E-state index < -0.39 is 0 Å². The number of hydrogen-bond donors (Lipinski definition) is 0. The molecule has 6 heteroatoms. The van der Waals surface area contributed by atoms with E-state index in [0.717, 1.165) is 27.8 Å². The van der Waals surface area contributed by atoms with Gasteiger partial charge >= 0.3 is 5.63 Å². The molecule has 0 radical (unpaired) electrons. The van der Waals surface area contributed by atoms with Gasteiger partial charge in [-0.2, -0.15) is 0 Å². The van der Waals surface area contributed by atoms with Crippen molar-refractivity contribution in [1.82, 2.24) is 4.90 Å². The van der Waals surface area contributed by atoms with E-state index in [1.807, 2.05) is 60.7 Å². The topological polar surface area (TPSA) is 42.7 Å². The molecule has 0 atom stereocenters. The van der Waals surface area contributed by atoms with Gasteiger partial charge in [0, 0.05) is 18.5 Å². The molecule has 4 aromatic rings. The number of hydrogen-bond acceptors (Lipinski definition) is 4. The largest absolute Gasteiger partial charge is 0.478 e. The van der Waals surface area contributed by atoms with E-state index in [1.165, 1.54) is 0 Å². The van der Waals surface area contributed by atoms with Crippen molar-refractivity contribution in [2.24, 2.45) is 0 Å². The van der Waals surface area contributed by atoms with Crippen molar-refractivity contribution >= 4 is 34.2 Å². The molecule has 0 bridgehead atoms. The summed E-state index contributed by atoms with van der Waals surface area (Å²) in [6.07, 6.45) is 0. The lowest BCUT2D eigenvalue weighted by Gasteiger charge is -2.29. The van der Waals surface area contributed by atoms with Gasteiger partial charge in [-0.15, -0.1) is 0 Å². The Bertz CT molecular complexity index is 1300. The Balaban J connectivity index is 1.50. The van der Waals surface area contributed by atoms with Crippen LogP contribution >= 0.6 is 23.2 Å². The number of fused-ring (bicyclic) bond motifs is 3. The first kappa shape index (κ1) is 19.2. The number of halogens is 2. The fourth-order valence-electron chi connectivity index (χ4n) is 3.76. The first-order valence-electron chi connectivity index (χ1n) is 9.53. The van der Waals surface area contributed by atoms with E-state index in [2.05, 4.69) is 4.90 Å². The van der Waals surface area contributed by atoms with E-state index in [0.29, 0.717) is 41.0 Å². The fourth-order valence-corrected chi connectivity index (χ4v) is 4.08. The molecule has 5 rings (SSSR count). The van der Waals surface area contributed by atoms with E-state index in [-0.39, 0.29) is 5.63 Å². The molecule has 30 heavy (non-hydrogen) atoms. The Kier molecular flexibility index (Phi) is 4.99. The Hall–Kier alpha value is -2.79. The van der Waals surface area contributed by atoms with Gasteiger partial charge in [0.1, 0.15) is 18.1 Å². The average molecular weight is 438 g/mol. The Morgan fingerprint density at radius 1 is 0.933 bits per heavy atom. The van der Waals surface area contributed by atoms with E-state index >= 15 is 0 Å². The molecule has 0 saturated heterocycles. The third kappa shape index (κ3) is 3.58. The second kappa shape index (κ2) is 7.80. The highest BCUT2D eigenvalue weighted by molar-refractivity contribution is 6.42. The summed E-state index contributed by atoms with van der Waals surface area (Å²) in [4.78, 5) is 14.8. The summed E-state index contributed by atoms with van der Waals surface area (Å²) < 4.78 is 11.7. The van der Waals surface area contributed by atoms with Crippen LogP contribution in [-0.4, -0.2) is 11.6 Å². The molecule has 1 aliphatic heterocycles. The van der Waals surface area contributed by atoms with Crippen molar-refractivity contribution in [2.75, 3.05) is 6.73 Å². The zero-order valence-electron chi connectivity index (χ0n) is 15.9. The maximum atomic E-state index is 12.7. The summed E-state index contributed by atoms with van der Waals surface area (Å²) in [5.74, 6) is 0.739. The molecule has 150 valence electrons. The highest BCUT2D eigenvalue weighted by atomic mass is 35.5. The summed E-state index contributed by atoms with van der Waals surface area (Å²) in [5.41, 5.74) is 3.50. The number of nitrogens with zero attached hydrogens (tertiary/aromatic N) is 1. The van der Waals surface area contributed by atoms with Crippen LogP contribution in [-0.2, 0) is 13.1 Å². The highest BCUT2D eigenvalue weighted by Gasteiger charge is 2.22. The third-order valence-electron chi connectivity index (χ3n) is 5.22. The zero-order chi connectivity index (χ0) is 20.7. The van der Waals surface area contributed by atoms with Crippen LogP contribution in [0.5, 0.6) is 5.75 Å². The van der Waals surface area contributed by atoms with Crippen LogP contribution in [0.4, 0.5) is 0 Å². The van der Waals surface area contributed by atoms with E-state index in [9.17, 15) is 4.79 Å². The smallest absolute Gasteiger partial charge is 0.344 e. The second-order valence-corrected chi connectivity index (χ2v) is 8.10. The summed E-state index contributed by atoms with van der Waals surface area (Å²) in [7, 11) is 0. The molecule has 3 aromatic carbocycles. The Morgan fingerprint density at radius 3 is 2.57 bits per heavy atom. The molecule has 4 nitrogen and oxygen atoms in total. The lowest BCUT2D eigenvalue weighted by atomic mass is 10.0. The molecule has 0 unspecified atom stereocenters. The van der Waals surface area contributed by atoms with E-state index in [4.69, 9.17) is 32.4 Å². The van der Waals surface area contributed by atoms with Gasteiger partial charge in [-0.3, -0.25) is 4.90 Å². The van der Waals surface area contributed by atoms with Crippen LogP contribution in [0.2, 0.25) is 10.0 Å².